The number of alkyl halides is 1. The van der Waals surface area contributed by atoms with E-state index in [1.54, 1.807) is 0 Å². The number of aliphatic hydroxyl groups is 1. The summed E-state index contributed by atoms with van der Waals surface area (Å²) in [6.07, 6.45) is -1.08. The molecule has 3 unspecified atom stereocenters. The Morgan fingerprint density at radius 1 is 1.26 bits per heavy atom. The van der Waals surface area contributed by atoms with Gasteiger partial charge in [0, 0.05) is 0 Å². The summed E-state index contributed by atoms with van der Waals surface area (Å²) in [5, 5.41) is 9.81. The van der Waals surface area contributed by atoms with Crippen molar-refractivity contribution in [1.82, 2.24) is 9.55 Å². The Hall–Kier alpha value is 0.252. The van der Waals surface area contributed by atoms with E-state index >= 15 is 0 Å². The average molecular weight is 756 g/mol. The van der Waals surface area contributed by atoms with Gasteiger partial charge in [-0.3, -0.25) is 10.8 Å². The Morgan fingerprint density at radius 2 is 1.81 bits per heavy atom. The van der Waals surface area contributed by atoms with E-state index in [-0.39, 0.29) is 31.1 Å². The number of aromatic amines is 1. The molecule has 0 bridgehead atoms. The van der Waals surface area contributed by atoms with Crippen LogP contribution in [-0.2, 0) is 26.8 Å². The van der Waals surface area contributed by atoms with E-state index in [9.17, 15) is 37.3 Å². The van der Waals surface area contributed by atoms with Crippen LogP contribution in [0.4, 0.5) is 8.78 Å². The Labute approximate surface area is 201 Å². The molecule has 0 saturated carbocycles. The number of aliphatic hydroxyl groups excluding tert-OH is 1. The molecule has 0 fully saturated rings. The largest absolute Gasteiger partial charge is 2.00 e. The van der Waals surface area contributed by atoms with Gasteiger partial charge < -0.3 is 43.5 Å². The summed E-state index contributed by atoms with van der Waals surface area (Å²) in [7, 11) is -16.8. The predicted molar refractivity (Wildman–Crippen MR) is 95.2 cm³/mol. The van der Waals surface area contributed by atoms with Gasteiger partial charge in [0.2, 0.25) is 5.69 Å². The number of rotatable bonds is 11. The van der Waals surface area contributed by atoms with E-state index in [0.29, 0.717) is 23.7 Å². The van der Waals surface area contributed by atoms with E-state index in [4.69, 9.17) is 14.7 Å². The first kappa shape index (κ1) is 31.3. The van der Waals surface area contributed by atoms with Crippen molar-refractivity contribution in [2.24, 2.45) is 0 Å². The monoisotopic (exact) mass is 756 g/mol. The normalized spacial score (nSPS) is 18.7. The third kappa shape index (κ3) is 11.3. The molecule has 0 radical (unpaired) electrons. The molecule has 0 aromatic carbocycles. The van der Waals surface area contributed by atoms with Crippen LogP contribution in [-0.4, -0.2) is 52.6 Å². The van der Waals surface area contributed by atoms with Crippen LogP contribution in [0.5, 0.6) is 0 Å². The standard InChI is InChI=1S/C10H15F2N2O12P3S.U/c1-10(12,5-14-4-6(11)8(30)13-9(14)16)7(15)2-3-24-28(20,21)26-29(22,23)25-27(17,18)19;/h2,4-5,7,15H,3H2,1H3,(H,20,21)(H,22,23)(H,13,16,30)(H2,17,18,19);/q-2;+2/t7-,10?;/m0./s1. The minimum Gasteiger partial charge on any atom is -0.433 e. The zero-order valence-corrected chi connectivity index (χ0v) is 22.7. The van der Waals surface area contributed by atoms with Crippen LogP contribution in [0.3, 0.4) is 0 Å². The third-order valence-electron chi connectivity index (χ3n) is 2.87. The molecule has 31 heavy (non-hydrogen) atoms. The molecular weight excluding hydrogens is 741 g/mol. The van der Waals surface area contributed by atoms with Crippen molar-refractivity contribution in [3.05, 3.63) is 40.1 Å². The molecule has 0 saturated heterocycles. The summed E-state index contributed by atoms with van der Waals surface area (Å²) < 4.78 is 72.0. The second-order valence-corrected chi connectivity index (χ2v) is 10.3. The quantitative estimate of drug-likeness (QED) is 0.104. The van der Waals surface area contributed by atoms with Crippen molar-refractivity contribution in [1.29, 1.82) is 0 Å². The van der Waals surface area contributed by atoms with Crippen LogP contribution in [0.15, 0.2) is 11.0 Å². The number of nitrogens with one attached hydrogen (secondary N) is 1. The zero-order chi connectivity index (χ0) is 23.5. The molecule has 21 heteroatoms. The third-order valence-corrected chi connectivity index (χ3v) is 6.97. The first-order chi connectivity index (χ1) is 13.3. The van der Waals surface area contributed by atoms with Crippen LogP contribution in [0, 0.1) is 54.5 Å². The number of halogens is 2. The molecule has 0 spiro atoms. The van der Waals surface area contributed by atoms with Crippen LogP contribution in [0.25, 0.3) is 0 Å². The molecule has 6 N–H and O–H groups in total. The Morgan fingerprint density at radius 3 is 2.32 bits per heavy atom. The summed E-state index contributed by atoms with van der Waals surface area (Å²) in [6.45, 7) is 0.0965. The molecule has 0 aliphatic rings. The van der Waals surface area contributed by atoms with E-state index in [1.807, 2.05) is 4.98 Å². The van der Waals surface area contributed by atoms with Gasteiger partial charge >= 0.3 is 54.6 Å². The van der Waals surface area contributed by atoms with Gasteiger partial charge in [-0.05, 0) is 13.0 Å². The summed E-state index contributed by atoms with van der Waals surface area (Å²) in [6, 6.07) is 0. The average Bonchev–Trinajstić information content (AvgIpc) is 2.48. The SMILES string of the molecule is CC(F)([CH-]n1cc(F)c(=S)[nH]c1=O)[C@@H](O)[CH-]COP(=O)(O)OP(=O)(O)OP(=O)(O)O.[U+2]. The number of H-pyrrole nitrogens is 1. The van der Waals surface area contributed by atoms with Gasteiger partial charge in [-0.15, -0.1) is 0 Å². The van der Waals surface area contributed by atoms with Crippen molar-refractivity contribution >= 4 is 35.7 Å². The van der Waals surface area contributed by atoms with Crippen molar-refractivity contribution < 1.29 is 91.4 Å². The Kier molecular flexibility index (Phi) is 11.7. The van der Waals surface area contributed by atoms with Crippen molar-refractivity contribution in [2.75, 3.05) is 6.61 Å². The van der Waals surface area contributed by atoms with Crippen molar-refractivity contribution in [3.8, 4) is 0 Å². The molecular formula is C10H15F2N2O12P3SU. The van der Waals surface area contributed by atoms with E-state index in [1.165, 1.54) is 0 Å². The fourth-order valence-corrected chi connectivity index (χ4v) is 4.78. The second-order valence-electron chi connectivity index (χ2n) is 5.49. The predicted octanol–water partition coefficient (Wildman–Crippen LogP) is 0.692. The summed E-state index contributed by atoms with van der Waals surface area (Å²) >= 11 is 4.48. The summed E-state index contributed by atoms with van der Waals surface area (Å²) in [5.41, 5.74) is -3.81. The molecule has 4 atom stereocenters. The fraction of sp³-hybridized carbons (Fsp3) is 0.400. The summed E-state index contributed by atoms with van der Waals surface area (Å²) in [5.74, 6) is -1.07. The molecule has 0 aliphatic carbocycles. The molecule has 0 amide bonds. The molecule has 176 valence electrons. The topological polar surface area (TPSA) is 218 Å². The molecule has 14 nitrogen and oxygen atoms in total. The molecule has 1 heterocycles. The van der Waals surface area contributed by atoms with Gasteiger partial charge in [0.05, 0.1) is 5.67 Å². The molecule has 1 aromatic heterocycles. The number of nitrogens with zero attached hydrogens (tertiary/aromatic N) is 1. The molecule has 1 rings (SSSR count). The zero-order valence-electron chi connectivity index (χ0n) is 15.1. The van der Waals surface area contributed by atoms with E-state index < -0.39 is 58.0 Å². The van der Waals surface area contributed by atoms with Crippen LogP contribution < -0.4 is 5.69 Å². The minimum absolute atomic E-state index is 0. The molecule has 0 aliphatic heterocycles. The van der Waals surface area contributed by atoms with Gasteiger partial charge in [0.1, 0.15) is 10.5 Å². The first-order valence-corrected chi connectivity index (χ1v) is 12.1. The number of hydrogen-bond acceptors (Lipinski definition) is 9. The van der Waals surface area contributed by atoms with E-state index in [2.05, 4.69) is 25.4 Å². The maximum absolute atomic E-state index is 14.6. The number of hydrogen-bond donors (Lipinski definition) is 6. The smallest absolute Gasteiger partial charge is 0.433 e. The van der Waals surface area contributed by atoms with Gasteiger partial charge in [-0.25, -0.2) is 18.1 Å². The number of phosphoric ester groups is 1. The first-order valence-electron chi connectivity index (χ1n) is 7.19. The number of aromatic nitrogens is 2. The van der Waals surface area contributed by atoms with E-state index in [0.717, 1.165) is 6.92 Å². The molecule has 1 aromatic rings. The van der Waals surface area contributed by atoms with Gasteiger partial charge in [-0.2, -0.15) is 8.62 Å². The maximum Gasteiger partial charge on any atom is 2.00 e. The van der Waals surface area contributed by atoms with Gasteiger partial charge in [0.25, 0.3) is 0 Å². The Bertz CT molecular complexity index is 1030. The van der Waals surface area contributed by atoms with Crippen LogP contribution >= 0.6 is 35.7 Å². The van der Waals surface area contributed by atoms with Gasteiger partial charge in [-0.1, -0.05) is 31.6 Å². The van der Waals surface area contributed by atoms with Crippen LogP contribution in [0.2, 0.25) is 0 Å². The second kappa shape index (κ2) is 11.6. The van der Waals surface area contributed by atoms with Crippen molar-refractivity contribution in [3.63, 3.8) is 0 Å². The minimum atomic E-state index is -5.74. The van der Waals surface area contributed by atoms with Gasteiger partial charge in [0.15, 0.2) is 0 Å². The van der Waals surface area contributed by atoms with Crippen LogP contribution in [0.1, 0.15) is 6.92 Å². The number of phosphoric acid groups is 3. The fourth-order valence-electron chi connectivity index (χ4n) is 1.67. The Balaban J connectivity index is 0.00000900. The summed E-state index contributed by atoms with van der Waals surface area (Å²) in [4.78, 5) is 48.5. The van der Waals surface area contributed by atoms with Crippen molar-refractivity contribution in [2.45, 2.75) is 18.7 Å². The maximum atomic E-state index is 14.6.